The highest BCUT2D eigenvalue weighted by molar-refractivity contribution is 6.23. The molecule has 0 bridgehead atoms. The maximum absolute atomic E-state index is 5.49. The predicted octanol–water partition coefficient (Wildman–Crippen LogP) is 17.8. The number of hydrogen-bond acceptors (Lipinski definition) is 3. The first kappa shape index (κ1) is 42.9. The van der Waals surface area contributed by atoms with Crippen LogP contribution in [0.5, 0.6) is 0 Å². The van der Waals surface area contributed by atoms with E-state index in [2.05, 4.69) is 269 Å². The Bertz CT molecular complexity index is 3650. The minimum absolute atomic E-state index is 0.893. The van der Waals surface area contributed by atoms with Gasteiger partial charge >= 0.3 is 0 Å². The second kappa shape index (κ2) is 18.9. The van der Waals surface area contributed by atoms with Crippen molar-refractivity contribution in [2.45, 2.75) is 0 Å². The van der Waals surface area contributed by atoms with Gasteiger partial charge in [-0.25, -0.2) is 4.98 Å². The van der Waals surface area contributed by atoms with Crippen LogP contribution in [0.25, 0.3) is 71.8 Å². The van der Waals surface area contributed by atoms with Crippen molar-refractivity contribution in [3.8, 4) is 28.2 Å². The fourth-order valence-corrected chi connectivity index (χ4v) is 10.1. The minimum atomic E-state index is 0.893. The Kier molecular flexibility index (Phi) is 11.4. The van der Waals surface area contributed by atoms with Crippen LogP contribution in [0.1, 0.15) is 0 Å². The van der Waals surface area contributed by atoms with Crippen LogP contribution >= 0.6 is 0 Å². The average molecular weight is 912 g/mol. The zero-order valence-electron chi connectivity index (χ0n) is 39.3. The molecule has 3 aromatic heterocycles. The minimum Gasteiger partial charge on any atom is -0.342 e. The van der Waals surface area contributed by atoms with E-state index in [0.717, 1.165) is 67.8 Å². The second-order valence-corrected chi connectivity index (χ2v) is 17.6. The molecule has 0 fully saturated rings. The number of rotatable bonds is 9. The fourth-order valence-electron chi connectivity index (χ4n) is 10.1. The van der Waals surface area contributed by atoms with Crippen molar-refractivity contribution in [3.05, 3.63) is 279 Å². The molecule has 0 N–H and O–H groups in total. The molecule has 338 valence electrons. The molecule has 0 unspecified atom stereocenters. The summed E-state index contributed by atoms with van der Waals surface area (Å²) in [5.41, 5.74) is 16.2. The predicted molar refractivity (Wildman–Crippen MR) is 299 cm³/mol. The van der Waals surface area contributed by atoms with Crippen LogP contribution in [-0.4, -0.2) is 14.1 Å². The zero-order chi connectivity index (χ0) is 47.5. The summed E-state index contributed by atoms with van der Waals surface area (Å²) in [7, 11) is 2.20. The summed E-state index contributed by atoms with van der Waals surface area (Å²) in [6.45, 7) is 0. The van der Waals surface area contributed by atoms with Crippen LogP contribution < -0.4 is 9.80 Å². The van der Waals surface area contributed by atoms with Gasteiger partial charge in [-0.1, -0.05) is 182 Å². The van der Waals surface area contributed by atoms with E-state index in [1.807, 2.05) is 36.4 Å². The number of hydrogen-bond donors (Lipinski definition) is 0. The summed E-state index contributed by atoms with van der Waals surface area (Å²) in [4.78, 5) is 10.1. The summed E-state index contributed by atoms with van der Waals surface area (Å²) >= 11 is 0. The first-order valence-electron chi connectivity index (χ1n) is 24.1. The third-order valence-corrected chi connectivity index (χ3v) is 13.3. The van der Waals surface area contributed by atoms with Crippen molar-refractivity contribution in [3.63, 3.8) is 0 Å². The molecule has 0 spiro atoms. The SMILES string of the molecule is Cn1c2ccccc2c2ccc3c4ccccc4n(-c4cc(-c5ccc(N(c6ccccc6)c6ccccc6)cc5)nc(-c5ccc(N(c6ccccc6)c6ccccc6)cc5)c4)c3c21.c1ccccc1. The summed E-state index contributed by atoms with van der Waals surface area (Å²) in [6.07, 6.45) is 0. The molecule has 0 aliphatic carbocycles. The number of fused-ring (bicyclic) bond motifs is 7. The molecule has 0 amide bonds. The molecule has 0 saturated carbocycles. The van der Waals surface area contributed by atoms with E-state index < -0.39 is 0 Å². The molecule has 5 heteroatoms. The van der Waals surface area contributed by atoms with Crippen LogP contribution in [0, 0.1) is 0 Å². The molecule has 13 aromatic rings. The Morgan fingerprint density at radius 1 is 0.296 bits per heavy atom. The second-order valence-electron chi connectivity index (χ2n) is 17.6. The van der Waals surface area contributed by atoms with Crippen molar-refractivity contribution in [2.24, 2.45) is 7.05 Å². The van der Waals surface area contributed by atoms with Crippen LogP contribution in [0.3, 0.4) is 0 Å². The summed E-state index contributed by atoms with van der Waals surface area (Å²) < 4.78 is 4.82. The Morgan fingerprint density at radius 2 is 0.620 bits per heavy atom. The molecule has 13 rings (SSSR count). The molecule has 0 radical (unpaired) electrons. The molecular formula is C66H49N5. The Balaban J connectivity index is 0.000000805. The van der Waals surface area contributed by atoms with Gasteiger partial charge in [-0.3, -0.25) is 0 Å². The van der Waals surface area contributed by atoms with Crippen LogP contribution in [0.4, 0.5) is 34.1 Å². The van der Waals surface area contributed by atoms with Gasteiger partial charge in [-0.15, -0.1) is 0 Å². The van der Waals surface area contributed by atoms with Crippen molar-refractivity contribution < 1.29 is 0 Å². The van der Waals surface area contributed by atoms with Crippen LogP contribution in [-0.2, 0) is 7.05 Å². The maximum Gasteiger partial charge on any atom is 0.0785 e. The van der Waals surface area contributed by atoms with E-state index in [1.165, 1.54) is 38.1 Å². The highest BCUT2D eigenvalue weighted by Crippen LogP contribution is 2.42. The highest BCUT2D eigenvalue weighted by Gasteiger charge is 2.21. The number of pyridine rings is 1. The van der Waals surface area contributed by atoms with E-state index >= 15 is 0 Å². The third kappa shape index (κ3) is 8.15. The standard InChI is InChI=1S/C60H43N5.C6H6/c1-62-57-28-16-14-26-51(57)53-38-39-54-52-27-15-17-29-58(52)65(60(54)59(53)62)50-40-55(42-30-34-48(35-31-42)63(44-18-6-2-7-19-44)45-20-8-3-9-21-45)61-56(41-50)43-32-36-49(37-33-43)64(46-22-10-4-11-23-46)47-24-12-5-13-25-47;1-2-4-6-5-3-1/h2-41H,1H3;1-6H. The quantitative estimate of drug-likeness (QED) is 0.144. The maximum atomic E-state index is 5.49. The summed E-state index contributed by atoms with van der Waals surface area (Å²) in [6, 6.07) is 98.5. The summed E-state index contributed by atoms with van der Waals surface area (Å²) in [5, 5.41) is 4.92. The molecule has 0 aliphatic heterocycles. The zero-order valence-corrected chi connectivity index (χ0v) is 39.3. The Labute approximate surface area is 414 Å². The van der Waals surface area contributed by atoms with Gasteiger partial charge < -0.3 is 18.9 Å². The van der Waals surface area contributed by atoms with E-state index in [-0.39, 0.29) is 0 Å². The lowest BCUT2D eigenvalue weighted by molar-refractivity contribution is 1.01. The van der Waals surface area contributed by atoms with E-state index in [9.17, 15) is 0 Å². The lowest BCUT2D eigenvalue weighted by Crippen LogP contribution is -2.09. The monoisotopic (exact) mass is 911 g/mol. The first-order chi connectivity index (χ1) is 35.2. The topological polar surface area (TPSA) is 29.2 Å². The number of aryl methyl sites for hydroxylation is 1. The molecule has 0 atom stereocenters. The number of para-hydroxylation sites is 6. The van der Waals surface area contributed by atoms with Crippen LogP contribution in [0.15, 0.2) is 279 Å². The number of aromatic nitrogens is 3. The van der Waals surface area contributed by atoms with E-state index in [4.69, 9.17) is 4.98 Å². The Hall–Kier alpha value is -9.45. The molecule has 5 nitrogen and oxygen atoms in total. The van der Waals surface area contributed by atoms with Crippen LogP contribution in [0.2, 0.25) is 0 Å². The normalized spacial score (nSPS) is 11.2. The number of benzene rings is 10. The molecule has 0 aliphatic rings. The molecule has 0 saturated heterocycles. The van der Waals surface area contributed by atoms with Gasteiger partial charge in [0.1, 0.15) is 0 Å². The van der Waals surface area contributed by atoms with E-state index in [0.29, 0.717) is 0 Å². The van der Waals surface area contributed by atoms with E-state index in [1.54, 1.807) is 0 Å². The molecular weight excluding hydrogens is 863 g/mol. The molecule has 3 heterocycles. The Morgan fingerprint density at radius 3 is 1.04 bits per heavy atom. The van der Waals surface area contributed by atoms with Crippen molar-refractivity contribution >= 4 is 77.7 Å². The van der Waals surface area contributed by atoms with Crippen molar-refractivity contribution in [1.82, 2.24) is 14.1 Å². The number of anilines is 6. The van der Waals surface area contributed by atoms with Gasteiger partial charge in [0, 0.05) is 79.4 Å². The van der Waals surface area contributed by atoms with Gasteiger partial charge in [0.05, 0.1) is 33.6 Å². The van der Waals surface area contributed by atoms with Crippen molar-refractivity contribution in [2.75, 3.05) is 9.80 Å². The van der Waals surface area contributed by atoms with Gasteiger partial charge in [-0.05, 0) is 97.1 Å². The lowest BCUT2D eigenvalue weighted by atomic mass is 10.0. The average Bonchev–Trinajstić information content (AvgIpc) is 3.95. The first-order valence-corrected chi connectivity index (χ1v) is 24.1. The smallest absolute Gasteiger partial charge is 0.0785 e. The fraction of sp³-hybridized carbons (Fsp3) is 0.0152. The number of nitrogens with zero attached hydrogens (tertiary/aromatic N) is 5. The molecule has 71 heavy (non-hydrogen) atoms. The largest absolute Gasteiger partial charge is 0.342 e. The van der Waals surface area contributed by atoms with Gasteiger partial charge in [-0.2, -0.15) is 0 Å². The van der Waals surface area contributed by atoms with Gasteiger partial charge in [0.25, 0.3) is 0 Å². The van der Waals surface area contributed by atoms with Gasteiger partial charge in [0.15, 0.2) is 0 Å². The summed E-state index contributed by atoms with van der Waals surface area (Å²) in [5.74, 6) is 0. The van der Waals surface area contributed by atoms with Crippen molar-refractivity contribution in [1.29, 1.82) is 0 Å². The highest BCUT2D eigenvalue weighted by atomic mass is 15.1. The third-order valence-electron chi connectivity index (χ3n) is 13.3. The molecule has 10 aromatic carbocycles. The van der Waals surface area contributed by atoms with Gasteiger partial charge in [0.2, 0.25) is 0 Å². The lowest BCUT2D eigenvalue weighted by Gasteiger charge is -2.25.